The van der Waals surface area contributed by atoms with Crippen molar-refractivity contribution >= 4 is 11.6 Å². The van der Waals surface area contributed by atoms with Crippen LogP contribution in [-0.4, -0.2) is 16.2 Å². The Morgan fingerprint density at radius 2 is 2.06 bits per heavy atom. The van der Waals surface area contributed by atoms with Crippen LogP contribution in [0.3, 0.4) is 0 Å². The Bertz CT molecular complexity index is 462. The molecule has 0 aliphatic rings. The average Bonchev–Trinajstić information content (AvgIpc) is 2.83. The summed E-state index contributed by atoms with van der Waals surface area (Å²) < 4.78 is 4.57. The molecule has 0 saturated heterocycles. The van der Waals surface area contributed by atoms with E-state index in [1.54, 1.807) is 24.3 Å². The molecule has 0 unspecified atom stereocenters. The van der Waals surface area contributed by atoms with Gasteiger partial charge in [0.1, 0.15) is 6.26 Å². The molecule has 0 saturated carbocycles. The van der Waals surface area contributed by atoms with Gasteiger partial charge in [0.15, 0.2) is 5.69 Å². The lowest BCUT2D eigenvalue weighted by atomic mass is 10.2. The smallest absolute Gasteiger partial charge is 0.277 e. The summed E-state index contributed by atoms with van der Waals surface area (Å²) in [6.07, 6.45) is 1.34. The van der Waals surface area contributed by atoms with Crippen LogP contribution in [0, 0.1) is 0 Å². The molecule has 16 heavy (non-hydrogen) atoms. The van der Waals surface area contributed by atoms with Crippen LogP contribution in [0.25, 0.3) is 0 Å². The van der Waals surface area contributed by atoms with E-state index in [-0.39, 0.29) is 18.2 Å². The van der Waals surface area contributed by atoms with E-state index in [1.165, 1.54) is 12.3 Å². The van der Waals surface area contributed by atoms with Crippen LogP contribution in [-0.2, 0) is 6.61 Å². The fourth-order valence-electron chi connectivity index (χ4n) is 1.22. The second-order valence-corrected chi connectivity index (χ2v) is 3.19. The summed E-state index contributed by atoms with van der Waals surface area (Å²) in [5, 5.41) is 15.0. The fraction of sp³-hybridized carbons (Fsp3) is 0.0909. The first-order chi connectivity index (χ1) is 7.79. The topological polar surface area (TPSA) is 75.4 Å². The lowest BCUT2D eigenvalue weighted by Gasteiger charge is -2.03. The van der Waals surface area contributed by atoms with Gasteiger partial charge in [-0.15, -0.1) is 0 Å². The summed E-state index contributed by atoms with van der Waals surface area (Å²) in [5.41, 5.74) is 1.66. The minimum absolute atomic E-state index is 0.0164. The number of carbonyl (C=O) groups is 1. The molecule has 1 aromatic heterocycles. The van der Waals surface area contributed by atoms with Crippen molar-refractivity contribution in [3.63, 3.8) is 0 Å². The van der Waals surface area contributed by atoms with Gasteiger partial charge in [0.2, 0.25) is 0 Å². The third kappa shape index (κ3) is 2.26. The number of benzene rings is 1. The maximum atomic E-state index is 11.5. The van der Waals surface area contributed by atoms with Gasteiger partial charge in [-0.1, -0.05) is 17.3 Å². The summed E-state index contributed by atoms with van der Waals surface area (Å²) in [7, 11) is 0. The Morgan fingerprint density at radius 3 is 2.62 bits per heavy atom. The van der Waals surface area contributed by atoms with Gasteiger partial charge in [0, 0.05) is 11.8 Å². The molecule has 5 nitrogen and oxygen atoms in total. The summed E-state index contributed by atoms with van der Waals surface area (Å²) >= 11 is 0. The predicted molar refractivity (Wildman–Crippen MR) is 56.8 cm³/mol. The standard InChI is InChI=1S/C11H10N2O3/c14-7-8-1-3-9(4-2-8)12-11(15)10-5-6-16-13-10/h1-6,14H,7H2,(H,12,15). The minimum atomic E-state index is -0.328. The lowest BCUT2D eigenvalue weighted by Crippen LogP contribution is -2.12. The number of nitrogens with one attached hydrogen (secondary N) is 1. The van der Waals surface area contributed by atoms with Gasteiger partial charge in [-0.3, -0.25) is 4.79 Å². The number of rotatable bonds is 3. The van der Waals surface area contributed by atoms with Crippen molar-refractivity contribution < 1.29 is 14.4 Å². The van der Waals surface area contributed by atoms with E-state index in [9.17, 15) is 4.79 Å². The van der Waals surface area contributed by atoms with E-state index in [0.29, 0.717) is 5.69 Å². The maximum Gasteiger partial charge on any atom is 0.277 e. The monoisotopic (exact) mass is 218 g/mol. The molecule has 0 atom stereocenters. The van der Waals surface area contributed by atoms with Gasteiger partial charge in [0.25, 0.3) is 5.91 Å². The van der Waals surface area contributed by atoms with Crippen molar-refractivity contribution in [2.24, 2.45) is 0 Å². The summed E-state index contributed by atoms with van der Waals surface area (Å²) in [6.45, 7) is -0.0164. The number of aliphatic hydroxyl groups is 1. The first-order valence-corrected chi connectivity index (χ1v) is 4.71. The SMILES string of the molecule is O=C(Nc1ccc(CO)cc1)c1ccon1. The quantitative estimate of drug-likeness (QED) is 0.816. The van der Waals surface area contributed by atoms with E-state index in [0.717, 1.165) is 5.56 Å². The van der Waals surface area contributed by atoms with E-state index in [4.69, 9.17) is 5.11 Å². The number of anilines is 1. The van der Waals surface area contributed by atoms with Crippen LogP contribution in [0.5, 0.6) is 0 Å². The van der Waals surface area contributed by atoms with Gasteiger partial charge < -0.3 is 14.9 Å². The Morgan fingerprint density at radius 1 is 1.31 bits per heavy atom. The molecule has 1 heterocycles. The number of carbonyl (C=O) groups excluding carboxylic acids is 1. The predicted octanol–water partition coefficient (Wildman–Crippen LogP) is 1.42. The zero-order valence-corrected chi connectivity index (χ0v) is 8.38. The molecule has 0 fully saturated rings. The summed E-state index contributed by atoms with van der Waals surface area (Å²) in [4.78, 5) is 11.5. The molecule has 1 amide bonds. The van der Waals surface area contributed by atoms with Gasteiger partial charge >= 0.3 is 0 Å². The molecule has 5 heteroatoms. The number of aliphatic hydroxyl groups excluding tert-OH is 1. The molecule has 2 rings (SSSR count). The molecule has 2 aromatic rings. The fourth-order valence-corrected chi connectivity index (χ4v) is 1.22. The van der Waals surface area contributed by atoms with Gasteiger partial charge in [-0.2, -0.15) is 0 Å². The average molecular weight is 218 g/mol. The molecular formula is C11H10N2O3. The van der Waals surface area contributed by atoms with Gasteiger partial charge in [0.05, 0.1) is 6.61 Å². The van der Waals surface area contributed by atoms with Crippen molar-refractivity contribution in [1.29, 1.82) is 0 Å². The largest absolute Gasteiger partial charge is 0.392 e. The van der Waals surface area contributed by atoms with Crippen molar-refractivity contribution in [2.45, 2.75) is 6.61 Å². The third-order valence-corrected chi connectivity index (χ3v) is 2.06. The highest BCUT2D eigenvalue weighted by Gasteiger charge is 2.08. The number of hydrogen-bond donors (Lipinski definition) is 2. The van der Waals surface area contributed by atoms with Crippen molar-refractivity contribution in [1.82, 2.24) is 5.16 Å². The second kappa shape index (κ2) is 4.59. The number of amides is 1. The van der Waals surface area contributed by atoms with Crippen LogP contribution >= 0.6 is 0 Å². The zero-order chi connectivity index (χ0) is 11.4. The summed E-state index contributed by atoms with van der Waals surface area (Å²) in [5.74, 6) is -0.328. The number of hydrogen-bond acceptors (Lipinski definition) is 4. The second-order valence-electron chi connectivity index (χ2n) is 3.19. The van der Waals surface area contributed by atoms with Crippen molar-refractivity contribution in [2.75, 3.05) is 5.32 Å². The Balaban J connectivity index is 2.06. The van der Waals surface area contributed by atoms with Crippen LogP contribution < -0.4 is 5.32 Å². The lowest BCUT2D eigenvalue weighted by molar-refractivity contribution is 0.101. The van der Waals surface area contributed by atoms with Crippen LogP contribution in [0.2, 0.25) is 0 Å². The van der Waals surface area contributed by atoms with Gasteiger partial charge in [-0.05, 0) is 17.7 Å². The molecule has 0 spiro atoms. The normalized spacial score (nSPS) is 10.1. The first kappa shape index (κ1) is 10.4. The molecule has 0 aliphatic heterocycles. The van der Waals surface area contributed by atoms with Crippen molar-refractivity contribution in [3.05, 3.63) is 47.9 Å². The third-order valence-electron chi connectivity index (χ3n) is 2.06. The molecule has 82 valence electrons. The highest BCUT2D eigenvalue weighted by atomic mass is 16.5. The molecule has 0 bridgehead atoms. The summed E-state index contributed by atoms with van der Waals surface area (Å²) in [6, 6.07) is 8.38. The molecule has 0 radical (unpaired) electrons. The zero-order valence-electron chi connectivity index (χ0n) is 8.38. The molecule has 2 N–H and O–H groups in total. The maximum absolute atomic E-state index is 11.5. The number of nitrogens with zero attached hydrogens (tertiary/aromatic N) is 1. The van der Waals surface area contributed by atoms with Crippen LogP contribution in [0.15, 0.2) is 41.1 Å². The Labute approximate surface area is 91.7 Å². The van der Waals surface area contributed by atoms with Crippen LogP contribution in [0.4, 0.5) is 5.69 Å². The Hall–Kier alpha value is -2.14. The van der Waals surface area contributed by atoms with Crippen LogP contribution in [0.1, 0.15) is 16.1 Å². The van der Waals surface area contributed by atoms with E-state index in [1.807, 2.05) is 0 Å². The van der Waals surface area contributed by atoms with Gasteiger partial charge in [-0.25, -0.2) is 0 Å². The highest BCUT2D eigenvalue weighted by Crippen LogP contribution is 2.10. The Kier molecular flexibility index (Phi) is 2.98. The van der Waals surface area contributed by atoms with Crippen molar-refractivity contribution in [3.8, 4) is 0 Å². The minimum Gasteiger partial charge on any atom is -0.392 e. The number of aromatic nitrogens is 1. The van der Waals surface area contributed by atoms with E-state index < -0.39 is 0 Å². The molecular weight excluding hydrogens is 208 g/mol. The molecule has 0 aliphatic carbocycles. The van der Waals surface area contributed by atoms with E-state index >= 15 is 0 Å². The molecule has 1 aromatic carbocycles. The highest BCUT2D eigenvalue weighted by molar-refractivity contribution is 6.02. The van der Waals surface area contributed by atoms with E-state index in [2.05, 4.69) is 15.0 Å². The first-order valence-electron chi connectivity index (χ1n) is 4.71.